The molecule has 2 heterocycles. The highest BCUT2D eigenvalue weighted by Crippen LogP contribution is 2.10. The highest BCUT2D eigenvalue weighted by Gasteiger charge is 2.17. The molecule has 17 heavy (non-hydrogen) atoms. The van der Waals surface area contributed by atoms with E-state index in [1.165, 1.54) is 7.11 Å². The third-order valence-corrected chi connectivity index (χ3v) is 2.60. The Kier molecular flexibility index (Phi) is 3.87. The van der Waals surface area contributed by atoms with Crippen molar-refractivity contribution in [1.29, 1.82) is 0 Å². The Labute approximate surface area is 99.3 Å². The number of nitrogens with zero attached hydrogens (tertiary/aromatic N) is 2. The van der Waals surface area contributed by atoms with E-state index in [-0.39, 0.29) is 17.7 Å². The lowest BCUT2D eigenvalue weighted by molar-refractivity contribution is 0.0852. The zero-order valence-corrected chi connectivity index (χ0v) is 9.68. The summed E-state index contributed by atoms with van der Waals surface area (Å²) in [5.41, 5.74) is 0.281. The van der Waals surface area contributed by atoms with E-state index in [2.05, 4.69) is 15.5 Å². The predicted molar refractivity (Wildman–Crippen MR) is 59.9 cm³/mol. The Hall–Kier alpha value is -1.69. The van der Waals surface area contributed by atoms with E-state index in [1.807, 2.05) is 0 Å². The van der Waals surface area contributed by atoms with Crippen molar-refractivity contribution in [3.05, 3.63) is 17.8 Å². The van der Waals surface area contributed by atoms with Crippen molar-refractivity contribution >= 4 is 5.91 Å². The average Bonchev–Trinajstić information content (AvgIpc) is 2.89. The molecule has 1 atom stereocenters. The van der Waals surface area contributed by atoms with Crippen LogP contribution in [0.1, 0.15) is 23.3 Å². The van der Waals surface area contributed by atoms with Gasteiger partial charge in [0.25, 0.3) is 5.91 Å². The minimum Gasteiger partial charge on any atom is -0.480 e. The first-order chi connectivity index (χ1) is 8.29. The van der Waals surface area contributed by atoms with Crippen LogP contribution >= 0.6 is 0 Å². The Balaban J connectivity index is 1.85. The van der Waals surface area contributed by atoms with Crippen molar-refractivity contribution in [2.24, 2.45) is 0 Å². The second-order valence-corrected chi connectivity index (χ2v) is 3.81. The Bertz CT molecular complexity index is 374. The molecule has 0 radical (unpaired) electrons. The summed E-state index contributed by atoms with van der Waals surface area (Å²) in [6.07, 6.45) is 2.18. The van der Waals surface area contributed by atoms with Crippen LogP contribution in [-0.4, -0.2) is 42.5 Å². The monoisotopic (exact) mass is 237 g/mol. The molecule has 0 aromatic carbocycles. The van der Waals surface area contributed by atoms with Crippen LogP contribution in [0.4, 0.5) is 0 Å². The van der Waals surface area contributed by atoms with Crippen LogP contribution < -0.4 is 10.1 Å². The summed E-state index contributed by atoms with van der Waals surface area (Å²) in [7, 11) is 1.50. The fraction of sp³-hybridized carbons (Fsp3) is 0.545. The van der Waals surface area contributed by atoms with Gasteiger partial charge in [-0.05, 0) is 18.9 Å². The molecule has 1 aliphatic heterocycles. The fourth-order valence-electron chi connectivity index (χ4n) is 1.65. The largest absolute Gasteiger partial charge is 0.480 e. The molecular formula is C11H15N3O3. The molecule has 1 fully saturated rings. The highest BCUT2D eigenvalue weighted by molar-refractivity contribution is 5.92. The summed E-state index contributed by atoms with van der Waals surface area (Å²) in [4.78, 5) is 11.7. The van der Waals surface area contributed by atoms with Gasteiger partial charge in [-0.2, -0.15) is 0 Å². The van der Waals surface area contributed by atoms with Crippen molar-refractivity contribution in [2.45, 2.75) is 18.9 Å². The average molecular weight is 237 g/mol. The SMILES string of the molecule is COc1ccc(C(=O)NCC2CCCO2)nn1. The van der Waals surface area contributed by atoms with Crippen LogP contribution in [0.2, 0.25) is 0 Å². The van der Waals surface area contributed by atoms with Crippen LogP contribution in [0.5, 0.6) is 5.88 Å². The molecule has 0 saturated carbocycles. The van der Waals surface area contributed by atoms with Gasteiger partial charge >= 0.3 is 0 Å². The summed E-state index contributed by atoms with van der Waals surface area (Å²) in [6.45, 7) is 1.30. The van der Waals surface area contributed by atoms with Crippen molar-refractivity contribution in [3.8, 4) is 5.88 Å². The van der Waals surface area contributed by atoms with Crippen LogP contribution in [-0.2, 0) is 4.74 Å². The number of ether oxygens (including phenoxy) is 2. The first kappa shape index (κ1) is 11.8. The van der Waals surface area contributed by atoms with Gasteiger partial charge in [0.05, 0.1) is 13.2 Å². The third kappa shape index (κ3) is 3.13. The van der Waals surface area contributed by atoms with E-state index in [0.29, 0.717) is 12.4 Å². The van der Waals surface area contributed by atoms with E-state index in [0.717, 1.165) is 19.4 Å². The molecule has 1 unspecified atom stereocenters. The molecule has 6 heteroatoms. The zero-order valence-electron chi connectivity index (χ0n) is 9.68. The lowest BCUT2D eigenvalue weighted by atomic mass is 10.2. The van der Waals surface area contributed by atoms with Gasteiger partial charge in [0.15, 0.2) is 5.69 Å². The first-order valence-corrected chi connectivity index (χ1v) is 5.57. The summed E-state index contributed by atoms with van der Waals surface area (Å²) >= 11 is 0. The van der Waals surface area contributed by atoms with E-state index in [1.54, 1.807) is 12.1 Å². The number of methoxy groups -OCH3 is 1. The van der Waals surface area contributed by atoms with E-state index in [4.69, 9.17) is 9.47 Å². The van der Waals surface area contributed by atoms with Crippen molar-refractivity contribution in [3.63, 3.8) is 0 Å². The van der Waals surface area contributed by atoms with Crippen LogP contribution in [0.15, 0.2) is 12.1 Å². The lowest BCUT2D eigenvalue weighted by Crippen LogP contribution is -2.32. The predicted octanol–water partition coefficient (Wildman–Crippen LogP) is 0.394. The molecule has 92 valence electrons. The van der Waals surface area contributed by atoms with Gasteiger partial charge in [-0.1, -0.05) is 0 Å². The van der Waals surface area contributed by atoms with Crippen molar-refractivity contribution in [1.82, 2.24) is 15.5 Å². The van der Waals surface area contributed by atoms with Gasteiger partial charge < -0.3 is 14.8 Å². The molecular weight excluding hydrogens is 222 g/mol. The number of carbonyl (C=O) groups excluding carboxylic acids is 1. The first-order valence-electron chi connectivity index (χ1n) is 5.57. The van der Waals surface area contributed by atoms with Crippen LogP contribution in [0.25, 0.3) is 0 Å². The molecule has 0 spiro atoms. The molecule has 1 amide bonds. The molecule has 1 saturated heterocycles. The number of aromatic nitrogens is 2. The molecule has 2 rings (SSSR count). The van der Waals surface area contributed by atoms with Gasteiger partial charge in [-0.3, -0.25) is 4.79 Å². The lowest BCUT2D eigenvalue weighted by Gasteiger charge is -2.10. The fourth-order valence-corrected chi connectivity index (χ4v) is 1.65. The number of hydrogen-bond donors (Lipinski definition) is 1. The molecule has 1 aromatic heterocycles. The number of hydrogen-bond acceptors (Lipinski definition) is 5. The summed E-state index contributed by atoms with van der Waals surface area (Å²) < 4.78 is 10.3. The molecule has 0 aliphatic carbocycles. The minimum atomic E-state index is -0.240. The smallest absolute Gasteiger partial charge is 0.271 e. The molecule has 1 aromatic rings. The Morgan fingerprint density at radius 3 is 3.06 bits per heavy atom. The number of rotatable bonds is 4. The van der Waals surface area contributed by atoms with E-state index in [9.17, 15) is 4.79 Å². The Morgan fingerprint density at radius 2 is 2.47 bits per heavy atom. The maximum Gasteiger partial charge on any atom is 0.271 e. The second kappa shape index (κ2) is 5.58. The van der Waals surface area contributed by atoms with Crippen molar-refractivity contribution in [2.75, 3.05) is 20.3 Å². The topological polar surface area (TPSA) is 73.3 Å². The standard InChI is InChI=1S/C11H15N3O3/c1-16-10-5-4-9(13-14-10)11(15)12-7-8-3-2-6-17-8/h4-5,8H,2-3,6-7H2,1H3,(H,12,15). The Morgan fingerprint density at radius 1 is 1.59 bits per heavy atom. The van der Waals surface area contributed by atoms with Gasteiger partial charge in [-0.15, -0.1) is 10.2 Å². The third-order valence-electron chi connectivity index (χ3n) is 2.60. The minimum absolute atomic E-state index is 0.130. The number of carbonyl (C=O) groups is 1. The summed E-state index contributed by atoms with van der Waals surface area (Å²) in [5.74, 6) is 0.149. The van der Waals surface area contributed by atoms with Gasteiger partial charge in [0, 0.05) is 19.2 Å². The molecule has 0 bridgehead atoms. The van der Waals surface area contributed by atoms with Gasteiger partial charge in [0.1, 0.15) is 0 Å². The zero-order chi connectivity index (χ0) is 12.1. The number of nitrogens with one attached hydrogen (secondary N) is 1. The van der Waals surface area contributed by atoms with E-state index < -0.39 is 0 Å². The summed E-state index contributed by atoms with van der Waals surface area (Å²) in [6, 6.07) is 3.19. The van der Waals surface area contributed by atoms with Crippen LogP contribution in [0.3, 0.4) is 0 Å². The quantitative estimate of drug-likeness (QED) is 0.820. The van der Waals surface area contributed by atoms with E-state index >= 15 is 0 Å². The highest BCUT2D eigenvalue weighted by atomic mass is 16.5. The maximum atomic E-state index is 11.7. The summed E-state index contributed by atoms with van der Waals surface area (Å²) in [5, 5.41) is 10.3. The van der Waals surface area contributed by atoms with Gasteiger partial charge in [-0.25, -0.2) is 0 Å². The molecule has 1 N–H and O–H groups in total. The number of amides is 1. The second-order valence-electron chi connectivity index (χ2n) is 3.81. The maximum absolute atomic E-state index is 11.7. The normalized spacial score (nSPS) is 19.0. The molecule has 1 aliphatic rings. The molecule has 6 nitrogen and oxygen atoms in total. The van der Waals surface area contributed by atoms with Gasteiger partial charge in [0.2, 0.25) is 5.88 Å². The van der Waals surface area contributed by atoms with Crippen LogP contribution in [0, 0.1) is 0 Å². The van der Waals surface area contributed by atoms with Crippen molar-refractivity contribution < 1.29 is 14.3 Å².